The van der Waals surface area contributed by atoms with Crippen LogP contribution < -0.4 is 10.6 Å². The van der Waals surface area contributed by atoms with Crippen LogP contribution in [0.25, 0.3) is 0 Å². The van der Waals surface area contributed by atoms with Gasteiger partial charge < -0.3 is 10.6 Å². The van der Waals surface area contributed by atoms with E-state index in [0.717, 1.165) is 37.8 Å². The van der Waals surface area contributed by atoms with Crippen molar-refractivity contribution in [2.24, 2.45) is 5.92 Å². The van der Waals surface area contributed by atoms with Gasteiger partial charge in [0.1, 0.15) is 0 Å². The molecule has 0 heterocycles. The molecule has 0 saturated heterocycles. The molecule has 1 aromatic carbocycles. The Labute approximate surface area is 149 Å². The molecule has 0 aromatic heterocycles. The molecule has 1 saturated carbocycles. The summed E-state index contributed by atoms with van der Waals surface area (Å²) in [6.07, 6.45) is -0.510. The van der Waals surface area contributed by atoms with Crippen molar-refractivity contribution in [1.82, 2.24) is 0 Å². The van der Waals surface area contributed by atoms with Crippen molar-refractivity contribution in [3.63, 3.8) is 0 Å². The van der Waals surface area contributed by atoms with E-state index in [1.54, 1.807) is 6.92 Å². The van der Waals surface area contributed by atoms with E-state index in [1.807, 2.05) is 5.32 Å². The number of rotatable bonds is 5. The number of benzene rings is 1. The normalized spacial score (nSPS) is 21.9. The number of nitrogens with two attached hydrogens (primary N) is 1. The van der Waals surface area contributed by atoms with E-state index in [2.05, 4.69) is 12.2 Å². The van der Waals surface area contributed by atoms with E-state index in [1.165, 1.54) is 0 Å². The Balaban J connectivity index is 2.13. The number of amides is 1. The Morgan fingerprint density at radius 2 is 2.00 bits per heavy atom. The lowest BCUT2D eigenvalue weighted by atomic mass is 9.85. The molecule has 0 aliphatic heterocycles. The van der Waals surface area contributed by atoms with Gasteiger partial charge in [0.15, 0.2) is 6.04 Å². The molecule has 0 spiro atoms. The van der Waals surface area contributed by atoms with Gasteiger partial charge in [-0.25, -0.2) is 0 Å². The fourth-order valence-corrected chi connectivity index (χ4v) is 3.32. The summed E-state index contributed by atoms with van der Waals surface area (Å²) < 4.78 is 39.6. The van der Waals surface area contributed by atoms with Crippen LogP contribution in [0, 0.1) is 16.0 Å². The molecule has 6 nitrogen and oxygen atoms in total. The van der Waals surface area contributed by atoms with Gasteiger partial charge in [-0.05, 0) is 32.3 Å². The molecule has 144 valence electrons. The molecule has 3 N–H and O–H groups in total. The van der Waals surface area contributed by atoms with Crippen LogP contribution in [0.2, 0.25) is 0 Å². The van der Waals surface area contributed by atoms with Crippen LogP contribution in [-0.2, 0) is 11.0 Å². The van der Waals surface area contributed by atoms with Crippen molar-refractivity contribution in [3.8, 4) is 0 Å². The zero-order chi connectivity index (χ0) is 19.5. The zero-order valence-corrected chi connectivity index (χ0v) is 14.7. The van der Waals surface area contributed by atoms with E-state index in [9.17, 15) is 28.1 Å². The predicted molar refractivity (Wildman–Crippen MR) is 89.5 cm³/mol. The standard InChI is InChI=1S/C17H22F3N3O3/c1-10-5-3-4-6-14(10)21-11(2)16(24)22-15-8-7-12(23(25)26)9-13(15)17(18,19)20/h7-11,14,21H,3-6H2,1-2H3,(H,22,24)/p+1/t10-,11-,14+/m0/s1. The van der Waals surface area contributed by atoms with Crippen LogP contribution in [0.4, 0.5) is 24.5 Å². The number of quaternary nitrogens is 1. The van der Waals surface area contributed by atoms with E-state index >= 15 is 0 Å². The number of nitro groups is 1. The van der Waals surface area contributed by atoms with Gasteiger partial charge in [-0.15, -0.1) is 0 Å². The number of carbonyl (C=O) groups excluding carboxylic acids is 1. The van der Waals surface area contributed by atoms with Crippen molar-refractivity contribution in [1.29, 1.82) is 0 Å². The van der Waals surface area contributed by atoms with Gasteiger partial charge >= 0.3 is 6.18 Å². The van der Waals surface area contributed by atoms with Gasteiger partial charge in [0.05, 0.1) is 22.2 Å². The van der Waals surface area contributed by atoms with Gasteiger partial charge in [-0.2, -0.15) is 13.2 Å². The number of anilines is 1. The van der Waals surface area contributed by atoms with Gasteiger partial charge in [0, 0.05) is 18.1 Å². The summed E-state index contributed by atoms with van der Waals surface area (Å²) in [7, 11) is 0. The van der Waals surface area contributed by atoms with Crippen LogP contribution in [0.1, 0.15) is 45.1 Å². The third kappa shape index (κ3) is 4.94. The number of alkyl halides is 3. The first kappa shape index (κ1) is 20.2. The number of nitrogens with one attached hydrogen (secondary N) is 1. The Morgan fingerprint density at radius 1 is 1.35 bits per heavy atom. The number of non-ortho nitro benzene ring substituents is 1. The second-order valence-corrected chi connectivity index (χ2v) is 6.88. The maximum absolute atomic E-state index is 13.2. The van der Waals surface area contributed by atoms with Crippen LogP contribution >= 0.6 is 0 Å². The lowest BCUT2D eigenvalue weighted by Gasteiger charge is -2.28. The SMILES string of the molecule is C[C@H]([NH2+][C@@H]1CCCC[C@@H]1C)C(=O)Nc1ccc([N+](=O)[O-])cc1C(F)(F)F. The summed E-state index contributed by atoms with van der Waals surface area (Å²) in [5.74, 6) is -0.105. The van der Waals surface area contributed by atoms with Gasteiger partial charge in [-0.1, -0.05) is 13.3 Å². The highest BCUT2D eigenvalue weighted by Crippen LogP contribution is 2.37. The minimum absolute atomic E-state index is 0.267. The van der Waals surface area contributed by atoms with Crippen LogP contribution in [0.3, 0.4) is 0 Å². The minimum atomic E-state index is -4.81. The number of carbonyl (C=O) groups is 1. The van der Waals surface area contributed by atoms with E-state index in [4.69, 9.17) is 0 Å². The van der Waals surface area contributed by atoms with Crippen LogP contribution in [0.15, 0.2) is 18.2 Å². The van der Waals surface area contributed by atoms with E-state index < -0.39 is 40.0 Å². The molecule has 0 radical (unpaired) electrons. The molecule has 1 amide bonds. The summed E-state index contributed by atoms with van der Waals surface area (Å²) in [6, 6.07) is 2.02. The first-order valence-corrected chi connectivity index (χ1v) is 8.61. The number of nitrogens with zero attached hydrogens (tertiary/aromatic N) is 1. The highest BCUT2D eigenvalue weighted by atomic mass is 19.4. The zero-order valence-electron chi connectivity index (χ0n) is 14.7. The monoisotopic (exact) mass is 374 g/mol. The van der Waals surface area contributed by atoms with E-state index in [-0.39, 0.29) is 6.04 Å². The quantitative estimate of drug-likeness (QED) is 0.613. The fourth-order valence-electron chi connectivity index (χ4n) is 3.32. The summed E-state index contributed by atoms with van der Waals surface area (Å²) in [5.41, 5.74) is -2.37. The molecule has 9 heteroatoms. The first-order chi connectivity index (χ1) is 12.1. The second kappa shape index (κ2) is 8.03. The molecule has 2 rings (SSSR count). The van der Waals surface area contributed by atoms with Gasteiger partial charge in [-0.3, -0.25) is 14.9 Å². The summed E-state index contributed by atoms with van der Waals surface area (Å²) in [5, 5.41) is 14.9. The molecule has 1 aliphatic rings. The largest absolute Gasteiger partial charge is 0.418 e. The summed E-state index contributed by atoms with van der Waals surface area (Å²) in [6.45, 7) is 3.76. The van der Waals surface area contributed by atoms with Crippen LogP contribution in [-0.4, -0.2) is 22.9 Å². The van der Waals surface area contributed by atoms with Crippen molar-refractivity contribution in [2.45, 2.75) is 57.8 Å². The maximum Gasteiger partial charge on any atom is 0.418 e. The fraction of sp³-hybridized carbons (Fsp3) is 0.588. The molecular formula is C17H23F3N3O3+. The molecular weight excluding hydrogens is 351 g/mol. The highest BCUT2D eigenvalue weighted by molar-refractivity contribution is 5.94. The predicted octanol–water partition coefficient (Wildman–Crippen LogP) is 3.08. The van der Waals surface area contributed by atoms with Crippen molar-refractivity contribution < 1.29 is 28.2 Å². The molecule has 0 unspecified atom stereocenters. The molecule has 0 bridgehead atoms. The first-order valence-electron chi connectivity index (χ1n) is 8.61. The van der Waals surface area contributed by atoms with Crippen molar-refractivity contribution in [3.05, 3.63) is 33.9 Å². The molecule has 1 aliphatic carbocycles. The molecule has 1 aromatic rings. The third-order valence-electron chi connectivity index (χ3n) is 4.90. The Bertz CT molecular complexity index is 679. The van der Waals surface area contributed by atoms with Crippen LogP contribution in [0.5, 0.6) is 0 Å². The average molecular weight is 374 g/mol. The van der Waals surface area contributed by atoms with Crippen molar-refractivity contribution in [2.75, 3.05) is 5.32 Å². The van der Waals surface area contributed by atoms with Gasteiger partial charge in [0.25, 0.3) is 11.6 Å². The lowest BCUT2D eigenvalue weighted by molar-refractivity contribution is -0.714. The Morgan fingerprint density at radius 3 is 2.58 bits per heavy atom. The Kier molecular flexibility index (Phi) is 6.22. The Hall–Kier alpha value is -2.16. The maximum atomic E-state index is 13.2. The molecule has 1 fully saturated rings. The lowest BCUT2D eigenvalue weighted by Crippen LogP contribution is -2.97. The topological polar surface area (TPSA) is 88.8 Å². The van der Waals surface area contributed by atoms with Crippen molar-refractivity contribution >= 4 is 17.3 Å². The number of hydrogen-bond acceptors (Lipinski definition) is 3. The molecule has 26 heavy (non-hydrogen) atoms. The smallest absolute Gasteiger partial charge is 0.334 e. The average Bonchev–Trinajstić information content (AvgIpc) is 2.56. The number of nitro benzene ring substituents is 1. The number of halogens is 3. The molecule has 3 atom stereocenters. The minimum Gasteiger partial charge on any atom is -0.334 e. The third-order valence-corrected chi connectivity index (χ3v) is 4.90. The number of hydrogen-bond donors (Lipinski definition) is 2. The summed E-state index contributed by atoms with van der Waals surface area (Å²) in [4.78, 5) is 22.2. The second-order valence-electron chi connectivity index (χ2n) is 6.88. The highest BCUT2D eigenvalue weighted by Gasteiger charge is 2.36. The summed E-state index contributed by atoms with van der Waals surface area (Å²) >= 11 is 0. The van der Waals surface area contributed by atoms with E-state index in [0.29, 0.717) is 12.0 Å². The van der Waals surface area contributed by atoms with Gasteiger partial charge in [0.2, 0.25) is 0 Å².